The fourth-order valence-corrected chi connectivity index (χ4v) is 1.81. The maximum absolute atomic E-state index is 13.2. The Morgan fingerprint density at radius 3 is 2.84 bits per heavy atom. The summed E-state index contributed by atoms with van der Waals surface area (Å²) >= 11 is 3.23. The molecule has 1 aromatic heterocycles. The van der Waals surface area contributed by atoms with Crippen LogP contribution in [0.5, 0.6) is 0 Å². The standard InChI is InChI=1S/C12H9BrFN3O2/c13-9-2-1-6(14)3-10(9)17-11-8(12(18)19)4-7(15)5-16-11/h1-5H,15H2,(H,16,17)(H,18,19). The van der Waals surface area contributed by atoms with Crippen LogP contribution in [0, 0.1) is 5.82 Å². The molecule has 2 rings (SSSR count). The largest absolute Gasteiger partial charge is 0.478 e. The van der Waals surface area contributed by atoms with Gasteiger partial charge in [0.05, 0.1) is 17.6 Å². The Balaban J connectivity index is 2.43. The van der Waals surface area contributed by atoms with Crippen molar-refractivity contribution < 1.29 is 14.3 Å². The smallest absolute Gasteiger partial charge is 0.339 e. The van der Waals surface area contributed by atoms with E-state index in [0.717, 1.165) is 0 Å². The number of aromatic carboxylic acids is 1. The third-order valence-corrected chi connectivity index (χ3v) is 3.01. The number of nitrogens with one attached hydrogen (secondary N) is 1. The Morgan fingerprint density at radius 1 is 1.42 bits per heavy atom. The number of hydrogen-bond acceptors (Lipinski definition) is 4. The highest BCUT2D eigenvalue weighted by molar-refractivity contribution is 9.10. The number of benzene rings is 1. The summed E-state index contributed by atoms with van der Waals surface area (Å²) in [4.78, 5) is 15.0. The van der Waals surface area contributed by atoms with Gasteiger partial charge in [0.15, 0.2) is 0 Å². The summed E-state index contributed by atoms with van der Waals surface area (Å²) in [6.45, 7) is 0. The molecule has 19 heavy (non-hydrogen) atoms. The molecule has 0 spiro atoms. The summed E-state index contributed by atoms with van der Waals surface area (Å²) in [7, 11) is 0. The normalized spacial score (nSPS) is 10.2. The quantitative estimate of drug-likeness (QED) is 0.807. The lowest BCUT2D eigenvalue weighted by Crippen LogP contribution is -2.06. The van der Waals surface area contributed by atoms with E-state index in [1.165, 1.54) is 30.5 Å². The monoisotopic (exact) mass is 325 g/mol. The van der Waals surface area contributed by atoms with E-state index in [9.17, 15) is 9.18 Å². The van der Waals surface area contributed by atoms with Crippen molar-refractivity contribution in [2.45, 2.75) is 0 Å². The number of pyridine rings is 1. The van der Waals surface area contributed by atoms with Gasteiger partial charge in [-0.15, -0.1) is 0 Å². The second-order valence-electron chi connectivity index (χ2n) is 3.72. The first kappa shape index (κ1) is 13.3. The molecule has 98 valence electrons. The van der Waals surface area contributed by atoms with Crippen LogP contribution in [-0.2, 0) is 0 Å². The Hall–Kier alpha value is -2.15. The van der Waals surface area contributed by atoms with Crippen molar-refractivity contribution >= 4 is 39.1 Å². The lowest BCUT2D eigenvalue weighted by molar-refractivity contribution is 0.0697. The minimum Gasteiger partial charge on any atom is -0.478 e. The van der Waals surface area contributed by atoms with Gasteiger partial charge < -0.3 is 16.2 Å². The maximum Gasteiger partial charge on any atom is 0.339 e. The van der Waals surface area contributed by atoms with Crippen LogP contribution in [0.2, 0.25) is 0 Å². The molecule has 5 nitrogen and oxygen atoms in total. The van der Waals surface area contributed by atoms with Gasteiger partial charge in [0, 0.05) is 4.47 Å². The van der Waals surface area contributed by atoms with E-state index in [1.807, 2.05) is 0 Å². The van der Waals surface area contributed by atoms with Crippen molar-refractivity contribution in [2.24, 2.45) is 0 Å². The molecule has 4 N–H and O–H groups in total. The Kier molecular flexibility index (Phi) is 3.66. The topological polar surface area (TPSA) is 88.2 Å². The lowest BCUT2D eigenvalue weighted by Gasteiger charge is -2.10. The molecule has 0 bridgehead atoms. The first-order chi connectivity index (χ1) is 8.97. The Labute approximate surface area is 116 Å². The number of nitrogens with two attached hydrogens (primary N) is 1. The highest BCUT2D eigenvalue weighted by Crippen LogP contribution is 2.27. The number of carboxylic acids is 1. The molecule has 0 fully saturated rings. The highest BCUT2D eigenvalue weighted by atomic mass is 79.9. The van der Waals surface area contributed by atoms with Gasteiger partial charge in [-0.05, 0) is 40.2 Å². The van der Waals surface area contributed by atoms with Crippen molar-refractivity contribution in [1.29, 1.82) is 0 Å². The third-order valence-electron chi connectivity index (χ3n) is 2.32. The average Bonchev–Trinajstić information content (AvgIpc) is 2.35. The number of rotatable bonds is 3. The van der Waals surface area contributed by atoms with E-state index in [2.05, 4.69) is 26.2 Å². The van der Waals surface area contributed by atoms with E-state index in [4.69, 9.17) is 10.8 Å². The fourth-order valence-electron chi connectivity index (χ4n) is 1.46. The number of nitrogen functional groups attached to an aromatic ring is 1. The molecule has 0 aliphatic heterocycles. The van der Waals surface area contributed by atoms with Crippen LogP contribution in [-0.4, -0.2) is 16.1 Å². The molecule has 0 aliphatic carbocycles. The second kappa shape index (κ2) is 5.23. The van der Waals surface area contributed by atoms with Crippen molar-refractivity contribution in [3.8, 4) is 0 Å². The predicted molar refractivity (Wildman–Crippen MR) is 73.0 cm³/mol. The van der Waals surface area contributed by atoms with E-state index in [0.29, 0.717) is 10.2 Å². The number of carboxylic acid groups (broad SMARTS) is 1. The van der Waals surface area contributed by atoms with E-state index < -0.39 is 11.8 Å². The number of nitrogens with zero attached hydrogens (tertiary/aromatic N) is 1. The molecule has 0 saturated heterocycles. The van der Waals surface area contributed by atoms with Crippen molar-refractivity contribution in [3.05, 3.63) is 46.3 Å². The number of hydrogen-bond donors (Lipinski definition) is 3. The predicted octanol–water partition coefficient (Wildman–Crippen LogP) is 3.01. The summed E-state index contributed by atoms with van der Waals surface area (Å²) in [5.41, 5.74) is 6.01. The molecule has 1 heterocycles. The number of aromatic nitrogens is 1. The van der Waals surface area contributed by atoms with Gasteiger partial charge in [0.2, 0.25) is 0 Å². The first-order valence-corrected chi connectivity index (χ1v) is 5.97. The second-order valence-corrected chi connectivity index (χ2v) is 4.57. The summed E-state index contributed by atoms with van der Waals surface area (Å²) in [6, 6.07) is 5.30. The van der Waals surface area contributed by atoms with Crippen LogP contribution in [0.25, 0.3) is 0 Å². The van der Waals surface area contributed by atoms with Gasteiger partial charge in [-0.25, -0.2) is 14.2 Å². The minimum absolute atomic E-state index is 0.0869. The first-order valence-electron chi connectivity index (χ1n) is 5.18. The summed E-state index contributed by atoms with van der Waals surface area (Å²) < 4.78 is 13.7. The van der Waals surface area contributed by atoms with Crippen LogP contribution >= 0.6 is 15.9 Å². The van der Waals surface area contributed by atoms with Crippen LogP contribution < -0.4 is 11.1 Å². The molecule has 0 amide bonds. The highest BCUT2D eigenvalue weighted by Gasteiger charge is 2.13. The molecule has 0 radical (unpaired) electrons. The van der Waals surface area contributed by atoms with Gasteiger partial charge in [0.25, 0.3) is 0 Å². The SMILES string of the molecule is Nc1cnc(Nc2cc(F)ccc2Br)c(C(=O)O)c1. The molecule has 0 saturated carbocycles. The number of anilines is 3. The zero-order chi connectivity index (χ0) is 14.0. The van der Waals surface area contributed by atoms with Crippen LogP contribution in [0.1, 0.15) is 10.4 Å². The lowest BCUT2D eigenvalue weighted by atomic mass is 10.2. The average molecular weight is 326 g/mol. The van der Waals surface area contributed by atoms with Gasteiger partial charge in [-0.3, -0.25) is 0 Å². The number of halogens is 2. The Bertz CT molecular complexity index is 649. The van der Waals surface area contributed by atoms with Gasteiger partial charge in [0.1, 0.15) is 17.2 Å². The molecule has 7 heteroatoms. The van der Waals surface area contributed by atoms with Crippen LogP contribution in [0.3, 0.4) is 0 Å². The summed E-state index contributed by atoms with van der Waals surface area (Å²) in [5, 5.41) is 11.8. The third kappa shape index (κ3) is 3.00. The van der Waals surface area contributed by atoms with Crippen molar-refractivity contribution in [1.82, 2.24) is 4.98 Å². The minimum atomic E-state index is -1.17. The van der Waals surface area contributed by atoms with Crippen molar-refractivity contribution in [2.75, 3.05) is 11.1 Å². The van der Waals surface area contributed by atoms with E-state index >= 15 is 0 Å². The zero-order valence-corrected chi connectivity index (χ0v) is 11.1. The molecule has 1 aromatic carbocycles. The molecule has 0 aliphatic rings. The van der Waals surface area contributed by atoms with E-state index in [1.54, 1.807) is 0 Å². The van der Waals surface area contributed by atoms with Gasteiger partial charge in [-0.2, -0.15) is 0 Å². The molecule has 2 aromatic rings. The molecule has 0 atom stereocenters. The molecular formula is C12H9BrFN3O2. The Morgan fingerprint density at radius 2 is 2.16 bits per heavy atom. The molecule has 0 unspecified atom stereocenters. The zero-order valence-electron chi connectivity index (χ0n) is 9.52. The maximum atomic E-state index is 13.2. The summed E-state index contributed by atoms with van der Waals surface area (Å²) in [5.74, 6) is -1.53. The van der Waals surface area contributed by atoms with Gasteiger partial charge >= 0.3 is 5.97 Å². The number of carbonyl (C=O) groups is 1. The fraction of sp³-hybridized carbons (Fsp3) is 0. The van der Waals surface area contributed by atoms with Crippen LogP contribution in [0.15, 0.2) is 34.9 Å². The molecular weight excluding hydrogens is 317 g/mol. The van der Waals surface area contributed by atoms with E-state index in [-0.39, 0.29) is 17.1 Å². The van der Waals surface area contributed by atoms with Gasteiger partial charge in [-0.1, -0.05) is 0 Å². The van der Waals surface area contributed by atoms with Crippen LogP contribution in [0.4, 0.5) is 21.6 Å². The van der Waals surface area contributed by atoms with Crippen molar-refractivity contribution in [3.63, 3.8) is 0 Å². The summed E-state index contributed by atoms with van der Waals surface area (Å²) in [6.07, 6.45) is 1.32.